The van der Waals surface area contributed by atoms with E-state index in [-0.39, 0.29) is 29.3 Å². The van der Waals surface area contributed by atoms with Crippen LogP contribution in [-0.2, 0) is 27.1 Å². The molecule has 0 bridgehead atoms. The number of aromatic hydroxyl groups is 1. The minimum Gasteiger partial charge on any atom is -0.508 e. The summed E-state index contributed by atoms with van der Waals surface area (Å²) in [5.41, 5.74) is 1.53. The average molecular weight is 623 g/mol. The Labute approximate surface area is 249 Å². The van der Waals surface area contributed by atoms with E-state index < -0.39 is 80.6 Å². The molecular formula is C29H34O15. The number of rotatable bonds is 9. The molecule has 2 aliphatic rings. The Kier molecular flexibility index (Phi) is 9.71. The van der Waals surface area contributed by atoms with E-state index in [1.165, 1.54) is 30.3 Å². The van der Waals surface area contributed by atoms with E-state index >= 15 is 0 Å². The van der Waals surface area contributed by atoms with Crippen LogP contribution >= 0.6 is 0 Å². The van der Waals surface area contributed by atoms with Crippen molar-refractivity contribution in [2.24, 2.45) is 0 Å². The molecule has 0 radical (unpaired) electrons. The molecule has 5 rings (SSSR count). The molecule has 0 aliphatic carbocycles. The number of carbonyl (C=O) groups excluding carboxylic acids is 1. The minimum absolute atomic E-state index is 0.0832. The molecule has 240 valence electrons. The summed E-state index contributed by atoms with van der Waals surface area (Å²) in [6.07, 6.45) is -15.2. The van der Waals surface area contributed by atoms with Crippen molar-refractivity contribution in [3.8, 4) is 11.5 Å². The molecule has 2 fully saturated rings. The van der Waals surface area contributed by atoms with E-state index in [9.17, 15) is 50.8 Å². The zero-order valence-corrected chi connectivity index (χ0v) is 23.1. The normalized spacial score (nSPS) is 32.5. The first kappa shape index (κ1) is 32.1. The Hall–Kier alpha value is -3.35. The highest BCUT2D eigenvalue weighted by Crippen LogP contribution is 2.35. The third-order valence-electron chi connectivity index (χ3n) is 7.73. The molecule has 44 heavy (non-hydrogen) atoms. The first-order valence-electron chi connectivity index (χ1n) is 13.8. The molecule has 15 heteroatoms. The molecule has 10 atom stereocenters. The van der Waals surface area contributed by atoms with Crippen LogP contribution in [0.25, 0.3) is 11.0 Å². The largest absolute Gasteiger partial charge is 0.508 e. The first-order valence-corrected chi connectivity index (χ1v) is 13.8. The van der Waals surface area contributed by atoms with E-state index in [1.807, 2.05) is 0 Å². The summed E-state index contributed by atoms with van der Waals surface area (Å²) in [5, 5.41) is 90.0. The molecule has 0 amide bonds. The number of phenolic OH excluding ortho intramolecular Hbond substituents is 1. The standard InChI is InChI=1S/C29H34O15/c30-10-19-21(33)23(35)25(37)28(42-19)41-16-7-8-17-15(14(16)6-3-12-1-4-13(32)5-2-12)9-18(40-17)27(39)44-29-26(38)24(36)22(34)20(11-31)43-29/h1-2,4-5,7-9,19-26,28-38H,3,6,10-11H2/t19-,20-,21-,22+,23+,24-,25-,26-,28+,29-/m1/s1. The van der Waals surface area contributed by atoms with E-state index in [0.29, 0.717) is 17.4 Å². The summed E-state index contributed by atoms with van der Waals surface area (Å²) in [4.78, 5) is 13.0. The lowest BCUT2D eigenvalue weighted by Crippen LogP contribution is -2.60. The van der Waals surface area contributed by atoms with Gasteiger partial charge >= 0.3 is 5.97 Å². The van der Waals surface area contributed by atoms with Crippen molar-refractivity contribution < 1.29 is 74.1 Å². The van der Waals surface area contributed by atoms with Crippen LogP contribution in [0.2, 0.25) is 0 Å². The highest BCUT2D eigenvalue weighted by molar-refractivity contribution is 5.94. The van der Waals surface area contributed by atoms with Gasteiger partial charge in [0, 0.05) is 10.9 Å². The maximum absolute atomic E-state index is 13.0. The topological polar surface area (TPSA) is 249 Å². The van der Waals surface area contributed by atoms with E-state index in [2.05, 4.69) is 0 Å². The zero-order chi connectivity index (χ0) is 31.7. The Morgan fingerprint density at radius 1 is 0.727 bits per heavy atom. The van der Waals surface area contributed by atoms with Crippen LogP contribution in [0.5, 0.6) is 11.5 Å². The molecule has 2 saturated heterocycles. The van der Waals surface area contributed by atoms with Crippen LogP contribution in [0.15, 0.2) is 46.9 Å². The monoisotopic (exact) mass is 622 g/mol. The minimum atomic E-state index is -1.82. The van der Waals surface area contributed by atoms with Gasteiger partial charge in [0.2, 0.25) is 18.3 Å². The quantitative estimate of drug-likeness (QED) is 0.118. The lowest BCUT2D eigenvalue weighted by molar-refractivity contribution is -0.285. The number of benzene rings is 2. The fourth-order valence-electron chi connectivity index (χ4n) is 5.17. The van der Waals surface area contributed by atoms with Gasteiger partial charge in [0.05, 0.1) is 13.2 Å². The Bertz CT molecular complexity index is 1420. The number of aryl methyl sites for hydroxylation is 2. The summed E-state index contributed by atoms with van der Waals surface area (Å²) >= 11 is 0. The Morgan fingerprint density at radius 2 is 1.32 bits per heavy atom. The van der Waals surface area contributed by atoms with Crippen molar-refractivity contribution >= 4 is 16.9 Å². The fourth-order valence-corrected chi connectivity index (χ4v) is 5.17. The molecule has 0 saturated carbocycles. The van der Waals surface area contributed by atoms with Gasteiger partial charge in [0.1, 0.15) is 65.9 Å². The second-order valence-electron chi connectivity index (χ2n) is 10.6. The van der Waals surface area contributed by atoms with Gasteiger partial charge < -0.3 is 69.3 Å². The lowest BCUT2D eigenvalue weighted by atomic mass is 9.98. The van der Waals surface area contributed by atoms with E-state index in [4.69, 9.17) is 23.4 Å². The third kappa shape index (κ3) is 6.38. The number of ether oxygens (including phenoxy) is 4. The Balaban J connectivity index is 1.44. The molecule has 0 spiro atoms. The van der Waals surface area contributed by atoms with Crippen LogP contribution < -0.4 is 4.74 Å². The summed E-state index contributed by atoms with van der Waals surface area (Å²) in [6.45, 7) is -1.37. The van der Waals surface area contributed by atoms with Gasteiger partial charge in [0.15, 0.2) is 0 Å². The molecular weight excluding hydrogens is 588 g/mol. The maximum atomic E-state index is 13.0. The maximum Gasteiger partial charge on any atom is 0.376 e. The van der Waals surface area contributed by atoms with E-state index in [1.54, 1.807) is 12.1 Å². The summed E-state index contributed by atoms with van der Waals surface area (Å²) in [6, 6.07) is 10.8. The summed E-state index contributed by atoms with van der Waals surface area (Å²) in [7, 11) is 0. The number of aliphatic hydroxyl groups is 8. The highest BCUT2D eigenvalue weighted by Gasteiger charge is 2.46. The van der Waals surface area contributed by atoms with Gasteiger partial charge in [-0.2, -0.15) is 0 Å². The molecule has 15 nitrogen and oxygen atoms in total. The number of phenols is 1. The van der Waals surface area contributed by atoms with Gasteiger partial charge in [-0.1, -0.05) is 12.1 Å². The highest BCUT2D eigenvalue weighted by atomic mass is 16.7. The van der Waals surface area contributed by atoms with Crippen molar-refractivity contribution in [2.75, 3.05) is 13.2 Å². The number of aliphatic hydroxyl groups excluding tert-OH is 8. The van der Waals surface area contributed by atoms with Gasteiger partial charge in [-0.05, 0) is 48.7 Å². The molecule has 2 aromatic carbocycles. The van der Waals surface area contributed by atoms with Crippen molar-refractivity contribution in [2.45, 2.75) is 74.3 Å². The van der Waals surface area contributed by atoms with Crippen molar-refractivity contribution in [3.63, 3.8) is 0 Å². The molecule has 9 N–H and O–H groups in total. The second kappa shape index (κ2) is 13.3. The second-order valence-corrected chi connectivity index (χ2v) is 10.6. The first-order chi connectivity index (χ1) is 21.0. The predicted molar refractivity (Wildman–Crippen MR) is 145 cm³/mol. The predicted octanol–water partition coefficient (Wildman–Crippen LogP) is -1.94. The van der Waals surface area contributed by atoms with Crippen LogP contribution in [-0.4, -0.2) is 127 Å². The van der Waals surface area contributed by atoms with E-state index in [0.717, 1.165) is 5.56 Å². The molecule has 3 aromatic rings. The smallest absolute Gasteiger partial charge is 0.376 e. The number of furan rings is 1. The zero-order valence-electron chi connectivity index (χ0n) is 23.1. The number of carbonyl (C=O) groups is 1. The van der Waals surface area contributed by atoms with Crippen LogP contribution in [0.4, 0.5) is 0 Å². The summed E-state index contributed by atoms with van der Waals surface area (Å²) < 4.78 is 27.6. The molecule has 2 aliphatic heterocycles. The Morgan fingerprint density at radius 3 is 1.93 bits per heavy atom. The fraction of sp³-hybridized carbons (Fsp3) is 0.483. The van der Waals surface area contributed by atoms with Gasteiger partial charge in [-0.3, -0.25) is 0 Å². The lowest BCUT2D eigenvalue weighted by Gasteiger charge is -2.39. The molecule has 1 aromatic heterocycles. The van der Waals surface area contributed by atoms with Crippen molar-refractivity contribution in [1.29, 1.82) is 0 Å². The van der Waals surface area contributed by atoms with Crippen LogP contribution in [0.3, 0.4) is 0 Å². The molecule has 0 unspecified atom stereocenters. The van der Waals surface area contributed by atoms with Crippen molar-refractivity contribution in [3.05, 3.63) is 59.4 Å². The summed E-state index contributed by atoms with van der Waals surface area (Å²) in [5.74, 6) is -1.17. The number of hydrogen-bond acceptors (Lipinski definition) is 15. The average Bonchev–Trinajstić information content (AvgIpc) is 3.46. The van der Waals surface area contributed by atoms with Gasteiger partial charge in [0.25, 0.3) is 0 Å². The van der Waals surface area contributed by atoms with Crippen LogP contribution in [0, 0.1) is 0 Å². The third-order valence-corrected chi connectivity index (χ3v) is 7.73. The van der Waals surface area contributed by atoms with Crippen molar-refractivity contribution in [1.82, 2.24) is 0 Å². The van der Waals surface area contributed by atoms with Gasteiger partial charge in [-0.15, -0.1) is 0 Å². The number of esters is 1. The number of hydrogen-bond donors (Lipinski definition) is 9. The number of fused-ring (bicyclic) bond motifs is 1. The van der Waals surface area contributed by atoms with Gasteiger partial charge in [-0.25, -0.2) is 4.79 Å². The van der Waals surface area contributed by atoms with Crippen LogP contribution in [0.1, 0.15) is 21.7 Å². The SMILES string of the molecule is O=C(O[C@H]1O[C@H](CO)[C@H](O)[C@@H](O)[C@H]1O)c1cc2c(CCc3ccc(O)cc3)c(O[C@H]3O[C@H](CO)[C@@H](O)[C@H](O)[C@H]3O)ccc2o1. The molecule has 3 heterocycles.